The van der Waals surface area contributed by atoms with Gasteiger partial charge < -0.3 is 9.84 Å². The molecular weight excluding hydrogens is 176 g/mol. The molecular formula is C11H18N2O. The van der Waals surface area contributed by atoms with Crippen LogP contribution >= 0.6 is 0 Å². The first-order chi connectivity index (χ1) is 6.56. The molecule has 0 saturated carbocycles. The van der Waals surface area contributed by atoms with Crippen LogP contribution in [-0.2, 0) is 19.4 Å². The van der Waals surface area contributed by atoms with E-state index in [-0.39, 0.29) is 5.41 Å². The van der Waals surface area contributed by atoms with Crippen LogP contribution in [0.3, 0.4) is 0 Å². The summed E-state index contributed by atoms with van der Waals surface area (Å²) in [6, 6.07) is 0. The van der Waals surface area contributed by atoms with E-state index in [1.165, 1.54) is 5.56 Å². The van der Waals surface area contributed by atoms with Gasteiger partial charge in [-0.2, -0.15) is 0 Å². The summed E-state index contributed by atoms with van der Waals surface area (Å²) in [7, 11) is 0. The summed E-state index contributed by atoms with van der Waals surface area (Å²) in [4.78, 5) is 0. The summed E-state index contributed by atoms with van der Waals surface area (Å²) in [5.74, 6) is 1.09. The van der Waals surface area contributed by atoms with Gasteiger partial charge >= 0.3 is 0 Å². The fraction of sp³-hybridized carbons (Fsp3) is 0.727. The minimum atomic E-state index is 0.280. The number of hydrogen-bond donors (Lipinski definition) is 1. The van der Waals surface area contributed by atoms with Crippen LogP contribution in [0.5, 0.6) is 0 Å². The van der Waals surface area contributed by atoms with Crippen molar-refractivity contribution in [3.63, 3.8) is 0 Å². The Balaban J connectivity index is 2.22. The van der Waals surface area contributed by atoms with E-state index in [0.29, 0.717) is 0 Å². The third-order valence-corrected chi connectivity index (χ3v) is 2.48. The quantitative estimate of drug-likeness (QED) is 0.742. The Morgan fingerprint density at radius 1 is 1.43 bits per heavy atom. The molecule has 0 atom stereocenters. The monoisotopic (exact) mass is 194 g/mol. The van der Waals surface area contributed by atoms with Crippen molar-refractivity contribution in [3.8, 4) is 0 Å². The molecule has 0 fully saturated rings. The van der Waals surface area contributed by atoms with Gasteiger partial charge in [-0.15, -0.1) is 0 Å². The molecule has 0 aliphatic carbocycles. The first-order valence-corrected chi connectivity index (χ1v) is 5.23. The van der Waals surface area contributed by atoms with E-state index in [0.717, 1.165) is 37.4 Å². The Hall–Kier alpha value is -0.830. The maximum atomic E-state index is 5.34. The van der Waals surface area contributed by atoms with Gasteiger partial charge in [-0.3, -0.25) is 0 Å². The molecule has 1 aromatic heterocycles. The highest BCUT2D eigenvalue weighted by Gasteiger charge is 2.22. The lowest BCUT2D eigenvalue weighted by molar-refractivity contribution is 0.352. The molecule has 1 aliphatic heterocycles. The van der Waals surface area contributed by atoms with E-state index in [9.17, 15) is 0 Å². The zero-order valence-corrected chi connectivity index (χ0v) is 9.18. The third kappa shape index (κ3) is 1.98. The Kier molecular flexibility index (Phi) is 2.35. The van der Waals surface area contributed by atoms with Crippen molar-refractivity contribution in [2.75, 3.05) is 6.54 Å². The standard InChI is InChI=1S/C11H18N2O/c1-11(2,3)6-9-8-7-12-5-4-10(8)14-13-9/h12H,4-7H2,1-3H3. The first kappa shape index (κ1) is 9.71. The predicted molar refractivity (Wildman–Crippen MR) is 55.1 cm³/mol. The first-order valence-electron chi connectivity index (χ1n) is 5.23. The molecule has 78 valence electrons. The molecule has 3 nitrogen and oxygen atoms in total. The molecule has 0 saturated heterocycles. The normalized spacial score (nSPS) is 16.8. The molecule has 1 N–H and O–H groups in total. The Bertz CT molecular complexity index is 323. The van der Waals surface area contributed by atoms with Crippen molar-refractivity contribution >= 4 is 0 Å². The largest absolute Gasteiger partial charge is 0.361 e. The highest BCUT2D eigenvalue weighted by molar-refractivity contribution is 5.25. The number of fused-ring (bicyclic) bond motifs is 1. The molecule has 2 heterocycles. The third-order valence-electron chi connectivity index (χ3n) is 2.48. The van der Waals surface area contributed by atoms with Crippen molar-refractivity contribution in [2.24, 2.45) is 5.41 Å². The van der Waals surface area contributed by atoms with Gasteiger partial charge in [0.05, 0.1) is 5.69 Å². The van der Waals surface area contributed by atoms with Crippen molar-refractivity contribution in [1.82, 2.24) is 10.5 Å². The number of aromatic nitrogens is 1. The Morgan fingerprint density at radius 3 is 2.93 bits per heavy atom. The fourth-order valence-corrected chi connectivity index (χ4v) is 1.84. The topological polar surface area (TPSA) is 38.1 Å². The summed E-state index contributed by atoms with van der Waals surface area (Å²) in [5, 5.41) is 7.52. The van der Waals surface area contributed by atoms with Gasteiger partial charge in [0.25, 0.3) is 0 Å². The average Bonchev–Trinajstić information content (AvgIpc) is 2.47. The van der Waals surface area contributed by atoms with E-state index in [1.807, 2.05) is 0 Å². The van der Waals surface area contributed by atoms with Crippen LogP contribution < -0.4 is 5.32 Å². The molecule has 3 heteroatoms. The molecule has 1 aliphatic rings. The van der Waals surface area contributed by atoms with Crippen LogP contribution in [0.25, 0.3) is 0 Å². The van der Waals surface area contributed by atoms with Gasteiger partial charge in [0, 0.05) is 25.1 Å². The highest BCUT2D eigenvalue weighted by atomic mass is 16.5. The molecule has 0 bridgehead atoms. The van der Waals surface area contributed by atoms with E-state index in [1.54, 1.807) is 0 Å². The van der Waals surface area contributed by atoms with Gasteiger partial charge in [0.15, 0.2) is 0 Å². The minimum Gasteiger partial charge on any atom is -0.361 e. The number of nitrogens with one attached hydrogen (secondary N) is 1. The van der Waals surface area contributed by atoms with E-state index in [4.69, 9.17) is 4.52 Å². The summed E-state index contributed by atoms with van der Waals surface area (Å²) in [5.41, 5.74) is 2.72. The van der Waals surface area contributed by atoms with E-state index in [2.05, 4.69) is 31.2 Å². The molecule has 1 aromatic rings. The van der Waals surface area contributed by atoms with Crippen molar-refractivity contribution in [1.29, 1.82) is 0 Å². The second-order valence-corrected chi connectivity index (χ2v) is 5.20. The Morgan fingerprint density at radius 2 is 2.21 bits per heavy atom. The van der Waals surface area contributed by atoms with Crippen LogP contribution in [0.2, 0.25) is 0 Å². The molecule has 2 rings (SSSR count). The summed E-state index contributed by atoms with van der Waals surface area (Å²) in [6.07, 6.45) is 1.97. The SMILES string of the molecule is CC(C)(C)Cc1noc2c1CNCC2. The minimum absolute atomic E-state index is 0.280. The van der Waals surface area contributed by atoms with Gasteiger partial charge in [0.1, 0.15) is 5.76 Å². The van der Waals surface area contributed by atoms with Crippen LogP contribution in [0.1, 0.15) is 37.8 Å². The van der Waals surface area contributed by atoms with Crippen LogP contribution in [0.15, 0.2) is 4.52 Å². The van der Waals surface area contributed by atoms with Gasteiger partial charge in [-0.05, 0) is 11.8 Å². The maximum Gasteiger partial charge on any atom is 0.142 e. The summed E-state index contributed by atoms with van der Waals surface area (Å²) in [6.45, 7) is 8.61. The highest BCUT2D eigenvalue weighted by Crippen LogP contribution is 2.25. The Labute approximate surface area is 84.9 Å². The number of nitrogens with zero attached hydrogens (tertiary/aromatic N) is 1. The van der Waals surface area contributed by atoms with Gasteiger partial charge in [0.2, 0.25) is 0 Å². The lowest BCUT2D eigenvalue weighted by Crippen LogP contribution is -2.24. The van der Waals surface area contributed by atoms with E-state index >= 15 is 0 Å². The molecule has 0 radical (unpaired) electrons. The molecule has 14 heavy (non-hydrogen) atoms. The van der Waals surface area contributed by atoms with E-state index < -0.39 is 0 Å². The summed E-state index contributed by atoms with van der Waals surface area (Å²) >= 11 is 0. The van der Waals surface area contributed by atoms with Crippen LogP contribution in [-0.4, -0.2) is 11.7 Å². The maximum absolute atomic E-state index is 5.34. The number of rotatable bonds is 1. The van der Waals surface area contributed by atoms with Gasteiger partial charge in [-0.25, -0.2) is 0 Å². The lowest BCUT2D eigenvalue weighted by Gasteiger charge is -2.18. The van der Waals surface area contributed by atoms with Crippen molar-refractivity contribution < 1.29 is 4.52 Å². The second kappa shape index (κ2) is 3.39. The zero-order valence-electron chi connectivity index (χ0n) is 9.18. The molecule has 0 spiro atoms. The average molecular weight is 194 g/mol. The van der Waals surface area contributed by atoms with Crippen molar-refractivity contribution in [2.45, 2.75) is 40.2 Å². The zero-order chi connectivity index (χ0) is 10.2. The van der Waals surface area contributed by atoms with Crippen LogP contribution in [0, 0.1) is 5.41 Å². The predicted octanol–water partition coefficient (Wildman–Crippen LogP) is 1.91. The van der Waals surface area contributed by atoms with Crippen molar-refractivity contribution in [3.05, 3.63) is 17.0 Å². The molecule has 0 amide bonds. The lowest BCUT2D eigenvalue weighted by atomic mass is 9.88. The fourth-order valence-electron chi connectivity index (χ4n) is 1.84. The molecule has 0 aromatic carbocycles. The number of hydrogen-bond acceptors (Lipinski definition) is 3. The second-order valence-electron chi connectivity index (χ2n) is 5.20. The molecule has 0 unspecified atom stereocenters. The smallest absolute Gasteiger partial charge is 0.142 e. The summed E-state index contributed by atoms with van der Waals surface area (Å²) < 4.78 is 5.34. The van der Waals surface area contributed by atoms with Crippen LogP contribution in [0.4, 0.5) is 0 Å². The van der Waals surface area contributed by atoms with Gasteiger partial charge in [-0.1, -0.05) is 25.9 Å².